The highest BCUT2D eigenvalue weighted by atomic mass is 31.2. The third-order valence-electron chi connectivity index (χ3n) is 15.6. The minimum Gasteiger partial charge on any atom is -0.756 e. The predicted octanol–water partition coefficient (Wildman–Crippen LogP) is 21.7. The summed E-state index contributed by atoms with van der Waals surface area (Å²) in [5.41, 5.74) is 0. The van der Waals surface area contributed by atoms with Gasteiger partial charge in [-0.05, 0) is 102 Å². The molecule has 9 nitrogen and oxygen atoms in total. The molecule has 10 heteroatoms. The van der Waals surface area contributed by atoms with Crippen LogP contribution in [0.1, 0.15) is 329 Å². The van der Waals surface area contributed by atoms with E-state index in [1.165, 1.54) is 205 Å². The number of esters is 1. The van der Waals surface area contributed by atoms with Crippen molar-refractivity contribution in [2.24, 2.45) is 0 Å². The van der Waals surface area contributed by atoms with Crippen LogP contribution in [0.5, 0.6) is 0 Å². The van der Waals surface area contributed by atoms with Crippen molar-refractivity contribution in [3.63, 3.8) is 0 Å². The maximum atomic E-state index is 13.6. The van der Waals surface area contributed by atoms with Crippen LogP contribution in [0.2, 0.25) is 0 Å². The van der Waals surface area contributed by atoms with E-state index in [0.29, 0.717) is 17.4 Å². The van der Waals surface area contributed by atoms with Crippen LogP contribution in [0.15, 0.2) is 72.9 Å². The maximum Gasteiger partial charge on any atom is 0.306 e. The van der Waals surface area contributed by atoms with Crippen LogP contribution in [0.25, 0.3) is 0 Å². The number of allylic oxidation sites excluding steroid dienone is 11. The van der Waals surface area contributed by atoms with E-state index in [0.717, 1.165) is 89.9 Å². The zero-order valence-corrected chi connectivity index (χ0v) is 56.3. The zero-order valence-electron chi connectivity index (χ0n) is 55.4. The molecule has 0 aromatic heterocycles. The number of carbonyl (C=O) groups is 2. The summed E-state index contributed by atoms with van der Waals surface area (Å²) in [5.74, 6) is -0.541. The topological polar surface area (TPSA) is 114 Å². The number of rotatable bonds is 64. The number of hydrogen-bond donors (Lipinski definition) is 1. The molecule has 0 saturated carbocycles. The molecule has 0 aliphatic heterocycles. The second-order valence-corrected chi connectivity index (χ2v) is 26.4. The average molecular weight is 1180 g/mol. The number of phosphoric acid groups is 1. The molecule has 0 fully saturated rings. The van der Waals surface area contributed by atoms with Crippen LogP contribution >= 0.6 is 7.82 Å². The molecule has 0 bridgehead atoms. The van der Waals surface area contributed by atoms with Gasteiger partial charge in [-0.1, -0.05) is 287 Å². The van der Waals surface area contributed by atoms with Crippen molar-refractivity contribution in [3.05, 3.63) is 72.9 Å². The smallest absolute Gasteiger partial charge is 0.306 e. The van der Waals surface area contributed by atoms with Crippen LogP contribution in [-0.2, 0) is 27.9 Å². The summed E-state index contributed by atoms with van der Waals surface area (Å²) in [5, 5.41) is 3.04. The molecular formula is C73H135N2O7P. The van der Waals surface area contributed by atoms with Gasteiger partial charge in [0.05, 0.1) is 33.8 Å². The molecule has 0 aromatic carbocycles. The molecular weight excluding hydrogens is 1050 g/mol. The van der Waals surface area contributed by atoms with Crippen LogP contribution < -0.4 is 10.2 Å². The van der Waals surface area contributed by atoms with Crippen LogP contribution in [0, 0.1) is 0 Å². The number of unbranched alkanes of at least 4 members (excludes halogenated alkanes) is 38. The SMILES string of the molecule is CCCCC/C=C\C/C=C\C/C=C\C/C=C\CCCCCCCCCCCC(=O)NC(COP(=O)([O-])OCC[N+](C)(C)C)C(/C=C\CCCCCCCCCCC)OC(=O)CCCCCCCCCCCCC/C=C/CCCCCCCC. The zero-order chi connectivity index (χ0) is 60.7. The third kappa shape index (κ3) is 63.8. The van der Waals surface area contributed by atoms with E-state index >= 15 is 0 Å². The fraction of sp³-hybridized carbons (Fsp3) is 0.808. The van der Waals surface area contributed by atoms with Gasteiger partial charge >= 0.3 is 5.97 Å². The summed E-state index contributed by atoms with van der Waals surface area (Å²) >= 11 is 0. The quantitative estimate of drug-likeness (QED) is 0.0212. The van der Waals surface area contributed by atoms with Crippen LogP contribution in [0.3, 0.4) is 0 Å². The predicted molar refractivity (Wildman–Crippen MR) is 358 cm³/mol. The van der Waals surface area contributed by atoms with Crippen molar-refractivity contribution in [1.82, 2.24) is 5.32 Å². The molecule has 3 unspecified atom stereocenters. The van der Waals surface area contributed by atoms with E-state index < -0.39 is 26.6 Å². The molecule has 83 heavy (non-hydrogen) atoms. The number of likely N-dealkylation sites (N-methyl/N-ethyl adjacent to an activating group) is 1. The number of quaternary nitrogens is 1. The van der Waals surface area contributed by atoms with E-state index in [1.54, 1.807) is 0 Å². The molecule has 0 rings (SSSR count). The lowest BCUT2D eigenvalue weighted by Crippen LogP contribution is -2.47. The van der Waals surface area contributed by atoms with Gasteiger partial charge in [-0.15, -0.1) is 0 Å². The molecule has 1 amide bonds. The fourth-order valence-corrected chi connectivity index (χ4v) is 10.9. The summed E-state index contributed by atoms with van der Waals surface area (Å²) in [7, 11) is 1.18. The Balaban J connectivity index is 5.05. The van der Waals surface area contributed by atoms with Gasteiger partial charge in [-0.2, -0.15) is 0 Å². The van der Waals surface area contributed by atoms with Crippen molar-refractivity contribution in [3.8, 4) is 0 Å². The lowest BCUT2D eigenvalue weighted by atomic mass is 10.0. The summed E-state index contributed by atoms with van der Waals surface area (Å²) in [6.07, 6.45) is 81.6. The molecule has 0 spiro atoms. The molecule has 484 valence electrons. The van der Waals surface area contributed by atoms with E-state index in [-0.39, 0.29) is 24.9 Å². The number of carbonyl (C=O) groups excluding carboxylic acids is 2. The Hall–Kier alpha value is -2.55. The Kier molecular flexibility index (Phi) is 60.6. The molecule has 0 heterocycles. The van der Waals surface area contributed by atoms with Crippen LogP contribution in [0.4, 0.5) is 0 Å². The third-order valence-corrected chi connectivity index (χ3v) is 16.6. The highest BCUT2D eigenvalue weighted by molar-refractivity contribution is 7.45. The first-order chi connectivity index (χ1) is 40.4. The second-order valence-electron chi connectivity index (χ2n) is 25.0. The highest BCUT2D eigenvalue weighted by Crippen LogP contribution is 2.38. The van der Waals surface area contributed by atoms with Gasteiger partial charge in [0.25, 0.3) is 7.82 Å². The average Bonchev–Trinajstić information content (AvgIpc) is 3.51. The Labute approximate surface area is 514 Å². The van der Waals surface area contributed by atoms with E-state index in [4.69, 9.17) is 13.8 Å². The first-order valence-electron chi connectivity index (χ1n) is 35.2. The van der Waals surface area contributed by atoms with E-state index in [2.05, 4.69) is 86.8 Å². The molecule has 0 aromatic rings. The van der Waals surface area contributed by atoms with Gasteiger partial charge in [0, 0.05) is 12.8 Å². The van der Waals surface area contributed by atoms with Crippen LogP contribution in [-0.4, -0.2) is 69.4 Å². The van der Waals surface area contributed by atoms with Gasteiger partial charge in [-0.25, -0.2) is 0 Å². The van der Waals surface area contributed by atoms with Gasteiger partial charge in [0.15, 0.2) is 0 Å². The Morgan fingerprint density at radius 2 is 0.735 bits per heavy atom. The summed E-state index contributed by atoms with van der Waals surface area (Å²) < 4.78 is 30.4. The van der Waals surface area contributed by atoms with Gasteiger partial charge in [0.1, 0.15) is 19.3 Å². The van der Waals surface area contributed by atoms with E-state index in [1.807, 2.05) is 33.3 Å². The highest BCUT2D eigenvalue weighted by Gasteiger charge is 2.27. The number of nitrogens with one attached hydrogen (secondary N) is 1. The molecule has 0 saturated heterocycles. The fourth-order valence-electron chi connectivity index (χ4n) is 10.1. The Morgan fingerprint density at radius 3 is 1.13 bits per heavy atom. The molecule has 0 aliphatic rings. The monoisotopic (exact) mass is 1180 g/mol. The normalized spacial score (nSPS) is 14.0. The minimum absolute atomic E-state index is 0.0250. The molecule has 0 radical (unpaired) electrons. The van der Waals surface area contributed by atoms with Crippen molar-refractivity contribution < 1.29 is 37.3 Å². The Morgan fingerprint density at radius 1 is 0.422 bits per heavy atom. The summed E-state index contributed by atoms with van der Waals surface area (Å²) in [4.78, 5) is 40.1. The lowest BCUT2D eigenvalue weighted by molar-refractivity contribution is -0.870. The van der Waals surface area contributed by atoms with Crippen molar-refractivity contribution >= 4 is 19.7 Å². The number of nitrogens with zero attached hydrogens (tertiary/aromatic N) is 1. The number of amides is 1. The van der Waals surface area contributed by atoms with Crippen molar-refractivity contribution in [1.29, 1.82) is 0 Å². The number of hydrogen-bond acceptors (Lipinski definition) is 7. The second kappa shape index (κ2) is 62.5. The largest absolute Gasteiger partial charge is 0.756 e. The first-order valence-corrected chi connectivity index (χ1v) is 36.7. The Bertz CT molecular complexity index is 1650. The van der Waals surface area contributed by atoms with Crippen molar-refractivity contribution in [2.75, 3.05) is 40.9 Å². The number of phosphoric ester groups is 1. The minimum atomic E-state index is -4.71. The standard InChI is InChI=1S/C73H135N2O7P/c1-7-10-13-16-19-22-25-27-29-31-33-35-36-37-38-40-41-43-45-47-50-53-56-59-62-65-72(76)74-70(69-81-83(78,79)80-68-67-75(4,5)6)71(64-61-58-55-52-49-24-21-18-15-12-9-3)82-73(77)66-63-60-57-54-51-48-46-44-42-39-34-32-30-28-26-23-20-17-14-11-8-2/h19,22,27-30,33,35,37-38,61,64,70-71H,7-18,20-21,23-26,31-32,34,36,39-60,62-63,65-69H2,1-6H3,(H-,74,76,78,79)/b22-19-,29-27-,30-28+,35-33-,38-37-,64-61-. The molecule has 3 atom stereocenters. The van der Waals surface area contributed by atoms with Gasteiger partial charge in [0.2, 0.25) is 5.91 Å². The summed E-state index contributed by atoms with van der Waals surface area (Å²) in [6.45, 7) is 6.83. The van der Waals surface area contributed by atoms with Gasteiger partial charge < -0.3 is 28.5 Å². The van der Waals surface area contributed by atoms with Crippen molar-refractivity contribution in [2.45, 2.75) is 341 Å². The maximum absolute atomic E-state index is 13.6. The first kappa shape index (κ1) is 80.5. The summed E-state index contributed by atoms with van der Waals surface area (Å²) in [6, 6.07) is -0.894. The van der Waals surface area contributed by atoms with E-state index in [9.17, 15) is 19.0 Å². The molecule has 0 aliphatic carbocycles. The lowest BCUT2D eigenvalue weighted by Gasteiger charge is -2.30. The number of ether oxygens (including phenoxy) is 1. The molecule has 1 N–H and O–H groups in total. The van der Waals surface area contributed by atoms with Gasteiger partial charge in [-0.3, -0.25) is 14.2 Å².